The van der Waals surface area contributed by atoms with Crippen LogP contribution < -0.4 is 10.2 Å². The Hall–Kier alpha value is -1.76. The number of ether oxygens (including phenoxy) is 1. The van der Waals surface area contributed by atoms with Gasteiger partial charge in [0.2, 0.25) is 5.91 Å². The Bertz CT molecular complexity index is 549. The zero-order valence-corrected chi connectivity index (χ0v) is 11.2. The van der Waals surface area contributed by atoms with Gasteiger partial charge in [-0.25, -0.2) is 9.78 Å². The molecule has 0 saturated carbocycles. The minimum absolute atomic E-state index is 0.0384. The summed E-state index contributed by atoms with van der Waals surface area (Å²) in [6.45, 7) is 0.792. The number of nitrogens with zero attached hydrogens (tertiary/aromatic N) is 2. The van der Waals surface area contributed by atoms with Crippen molar-refractivity contribution in [2.45, 2.75) is 6.04 Å². The first-order chi connectivity index (χ1) is 9.20. The van der Waals surface area contributed by atoms with Crippen LogP contribution in [0.15, 0.2) is 12.3 Å². The number of fused-ring (bicyclic) bond motifs is 3. The maximum Gasteiger partial charge on any atom is 0.339 e. The third kappa shape index (κ3) is 2.03. The fraction of sp³-hybridized carbons (Fsp3) is 0.417. The van der Waals surface area contributed by atoms with E-state index in [4.69, 9.17) is 0 Å². The first kappa shape index (κ1) is 12.3. The Morgan fingerprint density at radius 3 is 3.26 bits per heavy atom. The number of hydrogen-bond donors (Lipinski definition) is 1. The van der Waals surface area contributed by atoms with E-state index in [-0.39, 0.29) is 11.9 Å². The largest absolute Gasteiger partial charge is 0.465 e. The molecule has 1 fully saturated rings. The molecule has 3 rings (SSSR count). The van der Waals surface area contributed by atoms with Gasteiger partial charge in [0.1, 0.15) is 6.04 Å². The van der Waals surface area contributed by atoms with Crippen LogP contribution in [0.3, 0.4) is 0 Å². The molecule has 2 aliphatic rings. The maximum absolute atomic E-state index is 12.0. The van der Waals surface area contributed by atoms with Crippen molar-refractivity contribution in [2.75, 3.05) is 35.4 Å². The topological polar surface area (TPSA) is 71.5 Å². The summed E-state index contributed by atoms with van der Waals surface area (Å²) in [6.07, 6.45) is 1.49. The summed E-state index contributed by atoms with van der Waals surface area (Å²) in [7, 11) is 1.32. The second kappa shape index (κ2) is 4.73. The number of hydrogen-bond acceptors (Lipinski definition) is 6. The fourth-order valence-electron chi connectivity index (χ4n) is 2.30. The SMILES string of the molecule is COC(=O)c1cnc2c(c1)NC(=O)[C@@H]1CSCCN21. The lowest BCUT2D eigenvalue weighted by molar-refractivity contribution is -0.117. The van der Waals surface area contributed by atoms with Crippen molar-refractivity contribution in [1.29, 1.82) is 0 Å². The summed E-state index contributed by atoms with van der Waals surface area (Å²) in [5, 5.41) is 2.81. The van der Waals surface area contributed by atoms with E-state index < -0.39 is 5.97 Å². The summed E-state index contributed by atoms with van der Waals surface area (Å²) < 4.78 is 4.65. The molecule has 1 aromatic rings. The zero-order chi connectivity index (χ0) is 13.4. The molecule has 1 N–H and O–H groups in total. The van der Waals surface area contributed by atoms with Crippen molar-refractivity contribution in [1.82, 2.24) is 4.98 Å². The zero-order valence-electron chi connectivity index (χ0n) is 10.4. The van der Waals surface area contributed by atoms with E-state index in [2.05, 4.69) is 15.0 Å². The number of aromatic nitrogens is 1. The van der Waals surface area contributed by atoms with Crippen LogP contribution in [-0.2, 0) is 9.53 Å². The van der Waals surface area contributed by atoms with Crippen LogP contribution in [0.4, 0.5) is 11.5 Å². The van der Waals surface area contributed by atoms with Gasteiger partial charge in [-0.3, -0.25) is 4.79 Å². The second-order valence-corrected chi connectivity index (χ2v) is 5.51. The predicted molar refractivity (Wildman–Crippen MR) is 72.7 cm³/mol. The van der Waals surface area contributed by atoms with Crippen molar-refractivity contribution < 1.29 is 14.3 Å². The highest BCUT2D eigenvalue weighted by Gasteiger charge is 2.36. The fourth-order valence-corrected chi connectivity index (χ4v) is 3.35. The van der Waals surface area contributed by atoms with Gasteiger partial charge < -0.3 is 15.0 Å². The van der Waals surface area contributed by atoms with Gasteiger partial charge in [0.05, 0.1) is 18.4 Å². The van der Waals surface area contributed by atoms with E-state index in [1.165, 1.54) is 13.3 Å². The van der Waals surface area contributed by atoms with Crippen LogP contribution in [0, 0.1) is 0 Å². The van der Waals surface area contributed by atoms with Crippen LogP contribution in [0.1, 0.15) is 10.4 Å². The lowest BCUT2D eigenvalue weighted by Gasteiger charge is -2.39. The second-order valence-electron chi connectivity index (χ2n) is 4.36. The molecule has 0 aliphatic carbocycles. The van der Waals surface area contributed by atoms with Gasteiger partial charge in [0.15, 0.2) is 5.82 Å². The lowest BCUT2D eigenvalue weighted by Crippen LogP contribution is -2.53. The predicted octanol–water partition coefficient (Wildman–Crippen LogP) is 0.742. The van der Waals surface area contributed by atoms with Crippen molar-refractivity contribution in [2.24, 2.45) is 0 Å². The normalized spacial score (nSPS) is 21.2. The number of pyridine rings is 1. The number of carbonyl (C=O) groups excluding carboxylic acids is 2. The van der Waals surface area contributed by atoms with Crippen LogP contribution in [-0.4, -0.2) is 48.1 Å². The number of amides is 1. The molecule has 1 atom stereocenters. The summed E-state index contributed by atoms with van der Waals surface area (Å²) in [5.74, 6) is 1.98. The summed E-state index contributed by atoms with van der Waals surface area (Å²) in [6, 6.07) is 1.45. The molecule has 19 heavy (non-hydrogen) atoms. The molecule has 1 aromatic heterocycles. The van der Waals surface area contributed by atoms with Crippen molar-refractivity contribution >= 4 is 35.1 Å². The monoisotopic (exact) mass is 279 g/mol. The van der Waals surface area contributed by atoms with Crippen molar-refractivity contribution in [3.63, 3.8) is 0 Å². The van der Waals surface area contributed by atoms with Gasteiger partial charge in [-0.15, -0.1) is 0 Å². The van der Waals surface area contributed by atoms with Crippen LogP contribution >= 0.6 is 11.8 Å². The van der Waals surface area contributed by atoms with E-state index in [1.807, 2.05) is 4.90 Å². The quantitative estimate of drug-likeness (QED) is 0.765. The molecule has 0 bridgehead atoms. The number of esters is 1. The lowest BCUT2D eigenvalue weighted by atomic mass is 10.1. The van der Waals surface area contributed by atoms with E-state index in [0.717, 1.165) is 23.9 Å². The van der Waals surface area contributed by atoms with Crippen LogP contribution in [0.2, 0.25) is 0 Å². The average Bonchev–Trinajstić information content (AvgIpc) is 2.46. The molecular formula is C12H13N3O3S. The van der Waals surface area contributed by atoms with Gasteiger partial charge in [0.25, 0.3) is 0 Å². The van der Waals surface area contributed by atoms with E-state index in [9.17, 15) is 9.59 Å². The Kier molecular flexibility index (Phi) is 3.06. The van der Waals surface area contributed by atoms with Gasteiger partial charge in [-0.05, 0) is 6.07 Å². The van der Waals surface area contributed by atoms with Crippen LogP contribution in [0.25, 0.3) is 0 Å². The Morgan fingerprint density at radius 2 is 2.47 bits per heavy atom. The highest BCUT2D eigenvalue weighted by molar-refractivity contribution is 7.99. The van der Waals surface area contributed by atoms with Gasteiger partial charge in [-0.2, -0.15) is 11.8 Å². The first-order valence-electron chi connectivity index (χ1n) is 5.94. The van der Waals surface area contributed by atoms with Crippen molar-refractivity contribution in [3.8, 4) is 0 Å². The Balaban J connectivity index is 2.00. The Labute approximate surface area is 114 Å². The number of methoxy groups -OCH3 is 1. The molecule has 2 aliphatic heterocycles. The number of thioether (sulfide) groups is 1. The molecule has 100 valence electrons. The van der Waals surface area contributed by atoms with Gasteiger partial charge in [-0.1, -0.05) is 0 Å². The van der Waals surface area contributed by atoms with E-state index >= 15 is 0 Å². The molecule has 0 spiro atoms. The third-order valence-corrected chi connectivity index (χ3v) is 4.27. The Morgan fingerprint density at radius 1 is 1.63 bits per heavy atom. The van der Waals surface area contributed by atoms with Gasteiger partial charge >= 0.3 is 5.97 Å². The molecule has 1 saturated heterocycles. The molecular weight excluding hydrogens is 266 g/mol. The molecule has 7 heteroatoms. The summed E-state index contributed by atoms with van der Waals surface area (Å²) >= 11 is 1.77. The average molecular weight is 279 g/mol. The molecule has 0 aromatic carbocycles. The molecule has 0 radical (unpaired) electrons. The van der Waals surface area contributed by atoms with Gasteiger partial charge in [0, 0.05) is 24.2 Å². The van der Waals surface area contributed by atoms with Crippen LogP contribution in [0.5, 0.6) is 0 Å². The first-order valence-corrected chi connectivity index (χ1v) is 7.10. The highest BCUT2D eigenvalue weighted by Crippen LogP contribution is 2.33. The number of rotatable bonds is 1. The number of carbonyl (C=O) groups is 2. The van der Waals surface area contributed by atoms with E-state index in [0.29, 0.717) is 11.3 Å². The molecule has 1 amide bonds. The third-order valence-electron chi connectivity index (χ3n) is 3.25. The molecule has 0 unspecified atom stereocenters. The minimum atomic E-state index is -0.458. The summed E-state index contributed by atoms with van der Waals surface area (Å²) in [5.41, 5.74) is 0.919. The maximum atomic E-state index is 12.0. The standard InChI is InChI=1S/C12H13N3O3S/c1-18-12(17)7-4-8-10(13-5-7)15-2-3-19-6-9(15)11(16)14-8/h4-5,9H,2-3,6H2,1H3,(H,14,16)/t9-/m0/s1. The molecule has 3 heterocycles. The van der Waals surface area contributed by atoms with E-state index in [1.54, 1.807) is 17.8 Å². The minimum Gasteiger partial charge on any atom is -0.465 e. The molecule has 6 nitrogen and oxygen atoms in total. The number of nitrogens with one attached hydrogen (secondary N) is 1. The van der Waals surface area contributed by atoms with Crippen molar-refractivity contribution in [3.05, 3.63) is 17.8 Å². The smallest absolute Gasteiger partial charge is 0.339 e. The highest BCUT2D eigenvalue weighted by atomic mass is 32.2. The summed E-state index contributed by atoms with van der Waals surface area (Å²) in [4.78, 5) is 29.8. The number of anilines is 2.